The first-order chi connectivity index (χ1) is 6.77. The van der Waals surface area contributed by atoms with E-state index in [4.69, 9.17) is 4.74 Å². The Hall–Kier alpha value is -1.77. The van der Waals surface area contributed by atoms with Gasteiger partial charge in [0, 0.05) is 0 Å². The minimum atomic E-state index is -0.476. The third-order valence-corrected chi connectivity index (χ3v) is 1.70. The molecule has 0 heterocycles. The third-order valence-electron chi connectivity index (χ3n) is 1.70. The van der Waals surface area contributed by atoms with Gasteiger partial charge in [-0.3, -0.25) is 0 Å². The molecule has 0 atom stereocenters. The van der Waals surface area contributed by atoms with Gasteiger partial charge in [0.2, 0.25) is 5.76 Å². The van der Waals surface area contributed by atoms with Crippen molar-refractivity contribution in [1.29, 1.82) is 0 Å². The van der Waals surface area contributed by atoms with E-state index in [1.807, 2.05) is 30.3 Å². The minimum Gasteiger partial charge on any atom is -0.490 e. The van der Waals surface area contributed by atoms with Crippen molar-refractivity contribution in [3.8, 4) is 0 Å². The van der Waals surface area contributed by atoms with Crippen molar-refractivity contribution in [2.45, 2.75) is 0 Å². The molecule has 0 N–H and O–H groups in total. The standard InChI is InChI=1S/C11H12O3/c1-13-10(11(12)14-2)8-9-6-4-3-5-7-9/h3-8H,1-2H3/b10-8+. The van der Waals surface area contributed by atoms with E-state index in [1.54, 1.807) is 6.08 Å². The molecule has 1 rings (SSSR count). The number of benzene rings is 1. The predicted octanol–water partition coefficient (Wildman–Crippen LogP) is 1.85. The van der Waals surface area contributed by atoms with Crippen LogP contribution in [0.2, 0.25) is 0 Å². The molecule has 0 bridgehead atoms. The van der Waals surface area contributed by atoms with E-state index in [1.165, 1.54) is 14.2 Å². The van der Waals surface area contributed by atoms with Gasteiger partial charge in [-0.05, 0) is 11.6 Å². The molecule has 0 radical (unpaired) electrons. The first kappa shape index (κ1) is 10.3. The molecule has 0 aliphatic carbocycles. The zero-order chi connectivity index (χ0) is 10.4. The maximum Gasteiger partial charge on any atom is 0.373 e. The smallest absolute Gasteiger partial charge is 0.373 e. The molecule has 3 nitrogen and oxygen atoms in total. The van der Waals surface area contributed by atoms with Gasteiger partial charge in [0.05, 0.1) is 14.2 Å². The summed E-state index contributed by atoms with van der Waals surface area (Å²) < 4.78 is 9.44. The highest BCUT2D eigenvalue weighted by Crippen LogP contribution is 2.07. The lowest BCUT2D eigenvalue weighted by Gasteiger charge is -2.02. The normalized spacial score (nSPS) is 10.9. The number of methoxy groups -OCH3 is 2. The van der Waals surface area contributed by atoms with E-state index in [-0.39, 0.29) is 5.76 Å². The number of carbonyl (C=O) groups excluding carboxylic acids is 1. The van der Waals surface area contributed by atoms with E-state index >= 15 is 0 Å². The fourth-order valence-electron chi connectivity index (χ4n) is 1.00. The Bertz CT molecular complexity index is 328. The highest BCUT2D eigenvalue weighted by atomic mass is 16.6. The number of hydrogen-bond acceptors (Lipinski definition) is 3. The molecule has 0 saturated carbocycles. The zero-order valence-corrected chi connectivity index (χ0v) is 8.19. The minimum absolute atomic E-state index is 0.193. The summed E-state index contributed by atoms with van der Waals surface area (Å²) in [5, 5.41) is 0. The molecule has 0 unspecified atom stereocenters. The third kappa shape index (κ3) is 2.62. The second kappa shape index (κ2) is 5.07. The SMILES string of the molecule is COC(=O)/C(=C\c1ccccc1)OC. The van der Waals surface area contributed by atoms with Gasteiger partial charge in [-0.1, -0.05) is 30.3 Å². The highest BCUT2D eigenvalue weighted by Gasteiger charge is 2.08. The van der Waals surface area contributed by atoms with Crippen LogP contribution in [-0.4, -0.2) is 20.2 Å². The van der Waals surface area contributed by atoms with Gasteiger partial charge in [-0.2, -0.15) is 0 Å². The maximum atomic E-state index is 11.1. The number of rotatable bonds is 3. The summed E-state index contributed by atoms with van der Waals surface area (Å²) in [4.78, 5) is 11.1. The highest BCUT2D eigenvalue weighted by molar-refractivity contribution is 5.91. The molecule has 3 heteroatoms. The van der Waals surface area contributed by atoms with Gasteiger partial charge in [-0.25, -0.2) is 4.79 Å². The number of carbonyl (C=O) groups is 1. The van der Waals surface area contributed by atoms with Gasteiger partial charge >= 0.3 is 5.97 Å². The van der Waals surface area contributed by atoms with Crippen LogP contribution in [0.4, 0.5) is 0 Å². The van der Waals surface area contributed by atoms with Gasteiger partial charge in [0.25, 0.3) is 0 Å². The second-order valence-corrected chi connectivity index (χ2v) is 2.61. The molecule has 0 amide bonds. The Kier molecular flexibility index (Phi) is 3.73. The Morgan fingerprint density at radius 1 is 1.14 bits per heavy atom. The van der Waals surface area contributed by atoms with Crippen molar-refractivity contribution in [1.82, 2.24) is 0 Å². The first-order valence-electron chi connectivity index (χ1n) is 4.17. The van der Waals surface area contributed by atoms with Crippen LogP contribution in [0.1, 0.15) is 5.56 Å². The molecule has 0 spiro atoms. The van der Waals surface area contributed by atoms with E-state index in [0.29, 0.717) is 0 Å². The molecule has 0 aromatic heterocycles. The first-order valence-corrected chi connectivity index (χ1v) is 4.17. The Morgan fingerprint density at radius 3 is 2.29 bits per heavy atom. The Labute approximate surface area is 83.0 Å². The van der Waals surface area contributed by atoms with E-state index in [0.717, 1.165) is 5.56 Å². The summed E-state index contributed by atoms with van der Waals surface area (Å²) in [5.74, 6) is -0.282. The van der Waals surface area contributed by atoms with Crippen LogP contribution in [0, 0.1) is 0 Å². The van der Waals surface area contributed by atoms with Crippen molar-refractivity contribution in [3.05, 3.63) is 41.7 Å². The lowest BCUT2D eigenvalue weighted by Crippen LogP contribution is -2.05. The fraction of sp³-hybridized carbons (Fsp3) is 0.182. The van der Waals surface area contributed by atoms with E-state index in [9.17, 15) is 4.79 Å². The molecule has 0 aliphatic rings. The molecule has 74 valence electrons. The largest absolute Gasteiger partial charge is 0.490 e. The average molecular weight is 192 g/mol. The van der Waals surface area contributed by atoms with Crippen molar-refractivity contribution in [2.24, 2.45) is 0 Å². The predicted molar refractivity (Wildman–Crippen MR) is 53.4 cm³/mol. The molecule has 0 aliphatic heterocycles. The quantitative estimate of drug-likeness (QED) is 0.416. The Morgan fingerprint density at radius 2 is 1.79 bits per heavy atom. The molecular formula is C11H12O3. The summed E-state index contributed by atoms with van der Waals surface area (Å²) in [6.45, 7) is 0. The fourth-order valence-corrected chi connectivity index (χ4v) is 1.00. The van der Waals surface area contributed by atoms with Crippen LogP contribution in [0.3, 0.4) is 0 Å². The summed E-state index contributed by atoms with van der Waals surface area (Å²) >= 11 is 0. The summed E-state index contributed by atoms with van der Waals surface area (Å²) in [7, 11) is 2.76. The van der Waals surface area contributed by atoms with Crippen molar-refractivity contribution in [2.75, 3.05) is 14.2 Å². The summed E-state index contributed by atoms with van der Waals surface area (Å²) in [6.07, 6.45) is 1.63. The maximum absolute atomic E-state index is 11.1. The molecule has 1 aromatic carbocycles. The zero-order valence-electron chi connectivity index (χ0n) is 8.19. The van der Waals surface area contributed by atoms with E-state index in [2.05, 4.69) is 4.74 Å². The van der Waals surface area contributed by atoms with Crippen molar-refractivity contribution < 1.29 is 14.3 Å². The van der Waals surface area contributed by atoms with Crippen LogP contribution >= 0.6 is 0 Å². The number of hydrogen-bond donors (Lipinski definition) is 0. The average Bonchev–Trinajstić information content (AvgIpc) is 2.26. The van der Waals surface area contributed by atoms with Crippen molar-refractivity contribution in [3.63, 3.8) is 0 Å². The number of ether oxygens (including phenoxy) is 2. The van der Waals surface area contributed by atoms with Gasteiger partial charge in [0.1, 0.15) is 0 Å². The lowest BCUT2D eigenvalue weighted by atomic mass is 10.2. The second-order valence-electron chi connectivity index (χ2n) is 2.61. The van der Waals surface area contributed by atoms with Crippen molar-refractivity contribution >= 4 is 12.0 Å². The molecule has 0 saturated heterocycles. The lowest BCUT2D eigenvalue weighted by molar-refractivity contribution is -0.139. The van der Waals surface area contributed by atoms with Crippen LogP contribution in [0.25, 0.3) is 6.08 Å². The molecule has 1 aromatic rings. The van der Waals surface area contributed by atoms with Gasteiger partial charge < -0.3 is 9.47 Å². The van der Waals surface area contributed by atoms with Crippen LogP contribution < -0.4 is 0 Å². The Balaban J connectivity index is 2.89. The molecule has 14 heavy (non-hydrogen) atoms. The summed E-state index contributed by atoms with van der Waals surface area (Å²) in [5.41, 5.74) is 0.898. The monoisotopic (exact) mass is 192 g/mol. The van der Waals surface area contributed by atoms with Gasteiger partial charge in [0.15, 0.2) is 0 Å². The molecule has 0 fully saturated rings. The van der Waals surface area contributed by atoms with E-state index < -0.39 is 5.97 Å². The van der Waals surface area contributed by atoms with Crippen LogP contribution in [0.5, 0.6) is 0 Å². The topological polar surface area (TPSA) is 35.5 Å². The van der Waals surface area contributed by atoms with Crippen LogP contribution in [0.15, 0.2) is 36.1 Å². The van der Waals surface area contributed by atoms with Crippen LogP contribution in [-0.2, 0) is 14.3 Å². The number of esters is 1. The van der Waals surface area contributed by atoms with Gasteiger partial charge in [-0.15, -0.1) is 0 Å². The summed E-state index contributed by atoms with van der Waals surface area (Å²) in [6, 6.07) is 9.43. The molecular weight excluding hydrogens is 180 g/mol.